The molecule has 2 N–H and O–H groups in total. The van der Waals surface area contributed by atoms with Gasteiger partial charge in [0, 0.05) is 5.41 Å². The van der Waals surface area contributed by atoms with Crippen molar-refractivity contribution in [2.24, 2.45) is 5.41 Å². The zero-order valence-electron chi connectivity index (χ0n) is 14.5. The van der Waals surface area contributed by atoms with E-state index in [2.05, 4.69) is 0 Å². The third-order valence-corrected chi connectivity index (χ3v) is 4.40. The molecule has 0 aromatic heterocycles. The fraction of sp³-hybridized carbons (Fsp3) is 0.562. The first kappa shape index (κ1) is 18.5. The largest absolute Gasteiger partial charge is 0.495 e. The zero-order valence-corrected chi connectivity index (χ0v) is 15.7. The smallest absolute Gasteiger partial charge is 0.342 e. The zero-order chi connectivity index (χ0) is 17.1. The van der Waals surface area contributed by atoms with Crippen LogP contribution < -0.4 is 10.5 Å². The van der Waals surface area contributed by atoms with Gasteiger partial charge in [0.05, 0.1) is 19.9 Å². The van der Waals surface area contributed by atoms with E-state index in [0.29, 0.717) is 17.0 Å². The van der Waals surface area contributed by atoms with Crippen molar-refractivity contribution in [2.75, 3.05) is 20.0 Å². The van der Waals surface area contributed by atoms with Crippen molar-refractivity contribution in [2.45, 2.75) is 39.5 Å². The van der Waals surface area contributed by atoms with Crippen LogP contribution in [0.4, 0.5) is 5.69 Å². The second-order valence-electron chi connectivity index (χ2n) is 6.55. The number of rotatable bonds is 5. The third-order valence-electron chi connectivity index (χ3n) is 3.58. The molecule has 1 rings (SSSR count). The lowest BCUT2D eigenvalue weighted by molar-refractivity contribution is -0.173. The quantitative estimate of drug-likeness (QED) is 0.512. The molecule has 0 saturated carbocycles. The van der Waals surface area contributed by atoms with E-state index in [-0.39, 0.29) is 0 Å². The molecule has 6 heteroatoms. The van der Waals surface area contributed by atoms with Crippen molar-refractivity contribution < 1.29 is 18.7 Å². The minimum Gasteiger partial charge on any atom is -0.495 e. The number of anilines is 1. The number of nitrogens with two attached hydrogens (primary N) is 1. The van der Waals surface area contributed by atoms with Crippen LogP contribution in [0.2, 0.25) is 13.1 Å². The van der Waals surface area contributed by atoms with Crippen molar-refractivity contribution in [3.8, 4) is 5.75 Å². The standard InChI is InChI=1S/C16H27NO4Si/c1-15(2,3)16(14(18)20-5,21-22(6)7)11-8-9-13(19-4)12(17)10-11/h8-10,22H,17H2,1-7H3. The van der Waals surface area contributed by atoms with E-state index < -0.39 is 26.0 Å². The average Bonchev–Trinajstić information content (AvgIpc) is 2.42. The Morgan fingerprint density at radius 2 is 1.77 bits per heavy atom. The number of carbonyl (C=O) groups excluding carboxylic acids is 1. The number of esters is 1. The van der Waals surface area contributed by atoms with Crippen LogP contribution in [-0.4, -0.2) is 29.2 Å². The van der Waals surface area contributed by atoms with Gasteiger partial charge in [-0.2, -0.15) is 0 Å². The van der Waals surface area contributed by atoms with Gasteiger partial charge in [0.2, 0.25) is 0 Å². The summed E-state index contributed by atoms with van der Waals surface area (Å²) in [5, 5.41) is 0. The minimum atomic E-state index is -1.54. The van der Waals surface area contributed by atoms with Crippen molar-refractivity contribution in [3.05, 3.63) is 23.8 Å². The maximum absolute atomic E-state index is 12.7. The third kappa shape index (κ3) is 3.28. The Morgan fingerprint density at radius 1 is 1.18 bits per heavy atom. The topological polar surface area (TPSA) is 70.8 Å². The summed E-state index contributed by atoms with van der Waals surface area (Å²) < 4.78 is 16.5. The number of ether oxygens (including phenoxy) is 2. The maximum Gasteiger partial charge on any atom is 0.342 e. The molecule has 0 spiro atoms. The molecule has 0 heterocycles. The van der Waals surface area contributed by atoms with Gasteiger partial charge >= 0.3 is 5.97 Å². The molecule has 0 bridgehead atoms. The molecule has 0 aliphatic heterocycles. The Labute approximate surface area is 134 Å². The Bertz CT molecular complexity index is 539. The van der Waals surface area contributed by atoms with Crippen molar-refractivity contribution in [1.82, 2.24) is 0 Å². The lowest BCUT2D eigenvalue weighted by atomic mass is 9.72. The van der Waals surface area contributed by atoms with Gasteiger partial charge in [-0.05, 0) is 30.8 Å². The number of hydrogen-bond acceptors (Lipinski definition) is 5. The molecule has 0 fully saturated rings. The van der Waals surface area contributed by atoms with Gasteiger partial charge in [0.25, 0.3) is 0 Å². The number of nitrogen functional groups attached to an aromatic ring is 1. The Morgan fingerprint density at radius 3 is 2.14 bits per heavy atom. The molecule has 0 saturated heterocycles. The molecule has 0 radical (unpaired) electrons. The van der Waals surface area contributed by atoms with Crippen LogP contribution in [0, 0.1) is 5.41 Å². The molecule has 1 atom stereocenters. The van der Waals surface area contributed by atoms with E-state index in [9.17, 15) is 4.79 Å². The highest BCUT2D eigenvalue weighted by molar-refractivity contribution is 6.48. The molecular formula is C16H27NO4Si. The first-order chi connectivity index (χ1) is 10.1. The SMILES string of the molecule is COC(=O)C(O[SiH](C)C)(c1ccc(OC)c(N)c1)C(C)(C)C. The Kier molecular flexibility index (Phi) is 5.64. The van der Waals surface area contributed by atoms with E-state index in [4.69, 9.17) is 19.6 Å². The summed E-state index contributed by atoms with van der Waals surface area (Å²) in [5.74, 6) is 0.156. The van der Waals surface area contributed by atoms with E-state index in [0.717, 1.165) is 0 Å². The van der Waals surface area contributed by atoms with Gasteiger partial charge in [0.15, 0.2) is 14.6 Å². The van der Waals surface area contributed by atoms with Crippen LogP contribution in [0.25, 0.3) is 0 Å². The van der Waals surface area contributed by atoms with Gasteiger partial charge in [-0.3, -0.25) is 0 Å². The minimum absolute atomic E-state index is 0.411. The molecule has 22 heavy (non-hydrogen) atoms. The Balaban J connectivity index is 3.61. The van der Waals surface area contributed by atoms with Crippen LogP contribution in [0.15, 0.2) is 18.2 Å². The fourth-order valence-corrected chi connectivity index (χ4v) is 3.89. The predicted molar refractivity (Wildman–Crippen MR) is 90.5 cm³/mol. The molecule has 0 aliphatic rings. The molecule has 124 valence electrons. The lowest BCUT2D eigenvalue weighted by Crippen LogP contribution is -2.52. The number of hydrogen-bond donors (Lipinski definition) is 1. The van der Waals surface area contributed by atoms with Gasteiger partial charge < -0.3 is 19.6 Å². The highest BCUT2D eigenvalue weighted by Gasteiger charge is 2.53. The van der Waals surface area contributed by atoms with Crippen molar-refractivity contribution >= 4 is 20.7 Å². The first-order valence-electron chi connectivity index (χ1n) is 7.30. The molecule has 1 unspecified atom stereocenters. The fourth-order valence-electron chi connectivity index (χ4n) is 2.60. The van der Waals surface area contributed by atoms with Crippen LogP contribution in [0.1, 0.15) is 26.3 Å². The molecular weight excluding hydrogens is 298 g/mol. The molecule has 0 amide bonds. The molecule has 1 aromatic carbocycles. The highest BCUT2D eigenvalue weighted by Crippen LogP contribution is 2.45. The molecule has 0 aliphatic carbocycles. The lowest BCUT2D eigenvalue weighted by Gasteiger charge is -2.43. The monoisotopic (exact) mass is 325 g/mol. The highest BCUT2D eigenvalue weighted by atomic mass is 28.3. The summed E-state index contributed by atoms with van der Waals surface area (Å²) >= 11 is 0. The summed E-state index contributed by atoms with van der Waals surface area (Å²) in [6.07, 6.45) is 0. The second-order valence-corrected chi connectivity index (χ2v) is 8.88. The predicted octanol–water partition coefficient (Wildman–Crippen LogP) is 2.69. The van der Waals surface area contributed by atoms with Crippen LogP contribution in [0.3, 0.4) is 0 Å². The number of methoxy groups -OCH3 is 2. The number of benzene rings is 1. The normalized spacial score (nSPS) is 14.5. The number of carbonyl (C=O) groups is 1. The first-order valence-corrected chi connectivity index (χ1v) is 10.1. The van der Waals surface area contributed by atoms with Gasteiger partial charge in [-0.1, -0.05) is 26.8 Å². The molecule has 1 aromatic rings. The summed E-state index contributed by atoms with van der Waals surface area (Å²) in [7, 11) is 1.39. The van der Waals surface area contributed by atoms with Crippen molar-refractivity contribution in [3.63, 3.8) is 0 Å². The average molecular weight is 325 g/mol. The van der Waals surface area contributed by atoms with E-state index >= 15 is 0 Å². The van der Waals surface area contributed by atoms with Gasteiger partial charge in [-0.25, -0.2) is 4.79 Å². The van der Waals surface area contributed by atoms with Crippen LogP contribution >= 0.6 is 0 Å². The van der Waals surface area contributed by atoms with Gasteiger partial charge in [-0.15, -0.1) is 0 Å². The summed E-state index contributed by atoms with van der Waals surface area (Å²) in [6, 6.07) is 5.30. The van der Waals surface area contributed by atoms with Crippen molar-refractivity contribution in [1.29, 1.82) is 0 Å². The Hall–Kier alpha value is -1.53. The molecule has 5 nitrogen and oxygen atoms in total. The summed E-state index contributed by atoms with van der Waals surface area (Å²) in [5.41, 5.74) is 5.48. The van der Waals surface area contributed by atoms with E-state index in [1.807, 2.05) is 39.9 Å². The van der Waals surface area contributed by atoms with Crippen LogP contribution in [0.5, 0.6) is 5.75 Å². The van der Waals surface area contributed by atoms with E-state index in [1.165, 1.54) is 7.11 Å². The van der Waals surface area contributed by atoms with Gasteiger partial charge in [0.1, 0.15) is 5.75 Å². The maximum atomic E-state index is 12.7. The van der Waals surface area contributed by atoms with Crippen LogP contribution in [-0.2, 0) is 19.6 Å². The van der Waals surface area contributed by atoms with E-state index in [1.54, 1.807) is 19.2 Å². The summed E-state index contributed by atoms with van der Waals surface area (Å²) in [4.78, 5) is 12.7. The summed E-state index contributed by atoms with van der Waals surface area (Å²) in [6.45, 7) is 9.93. The second kappa shape index (κ2) is 6.70.